The van der Waals surface area contributed by atoms with Gasteiger partial charge in [0.25, 0.3) is 0 Å². The Morgan fingerprint density at radius 3 is 1.29 bits per heavy atom. The number of pyridine rings is 2. The summed E-state index contributed by atoms with van der Waals surface area (Å²) in [6, 6.07) is 39.1. The van der Waals surface area contributed by atoms with Crippen molar-refractivity contribution in [2.75, 3.05) is 0 Å². The lowest BCUT2D eigenvalue weighted by molar-refractivity contribution is -0.689. The van der Waals surface area contributed by atoms with Crippen molar-refractivity contribution < 1.29 is 18.7 Å². The number of hydrogen-bond acceptors (Lipinski definition) is 4. The highest BCUT2D eigenvalue weighted by atomic mass is 16.1. The third-order valence-corrected chi connectivity index (χ3v) is 8.58. The second kappa shape index (κ2) is 14.3. The number of rotatable bonds is 10. The highest BCUT2D eigenvalue weighted by Gasteiger charge is 2.19. The van der Waals surface area contributed by atoms with E-state index in [0.29, 0.717) is 24.2 Å². The first kappa shape index (κ1) is 32.1. The molecule has 2 heterocycles. The summed E-state index contributed by atoms with van der Waals surface area (Å²) in [5.41, 5.74) is 11.3. The molecule has 0 bridgehead atoms. The molecule has 4 aromatic carbocycles. The summed E-state index contributed by atoms with van der Waals surface area (Å²) >= 11 is 0. The SMILES string of the molecule is Cc1c[n+](CC(=O)c2ccccc2)c(C)cc1-c1cccc(N=Nc2cccc(-c3cc(C)[n+](CC(=O)c4ccccc4)cc3C)c2)c1. The van der Waals surface area contributed by atoms with Gasteiger partial charge in [-0.2, -0.15) is 19.4 Å². The lowest BCUT2D eigenvalue weighted by Crippen LogP contribution is -2.41. The minimum Gasteiger partial charge on any atom is -0.287 e. The van der Waals surface area contributed by atoms with Crippen molar-refractivity contribution in [3.05, 3.63) is 167 Å². The second-order valence-electron chi connectivity index (χ2n) is 12.2. The quantitative estimate of drug-likeness (QED) is 0.0861. The molecular weight excluding hydrogens is 592 g/mol. The number of Topliss-reactive ketones (excluding diaryl/α,β-unsaturated/α-hetero) is 2. The molecule has 6 nitrogen and oxygen atoms in total. The molecule has 0 amide bonds. The Kier molecular flexibility index (Phi) is 9.53. The molecule has 0 aliphatic rings. The fraction of sp³-hybridized carbons (Fsp3) is 0.143. The standard InChI is InChI=1S/C42H38N4O2/c1-29-25-45(27-41(47)33-13-7-5-8-14-33)31(3)21-39(29)35-17-11-19-37(23-35)43-44-38-20-12-18-36(24-38)40-22-32(4)46(26-30(40)2)28-42(48)34-15-9-6-10-16-34/h5-26H,27-28H2,1-4H3/q+2. The van der Waals surface area contributed by atoms with Crippen LogP contribution in [-0.2, 0) is 13.1 Å². The van der Waals surface area contributed by atoms with Crippen LogP contribution >= 0.6 is 0 Å². The van der Waals surface area contributed by atoms with Crippen LogP contribution in [0.2, 0.25) is 0 Å². The molecule has 0 N–H and O–H groups in total. The number of aryl methyl sites for hydroxylation is 4. The van der Waals surface area contributed by atoms with E-state index >= 15 is 0 Å². The number of carbonyl (C=O) groups is 2. The zero-order chi connectivity index (χ0) is 33.6. The molecule has 236 valence electrons. The fourth-order valence-corrected chi connectivity index (χ4v) is 5.91. The van der Waals surface area contributed by atoms with Crippen molar-refractivity contribution in [2.24, 2.45) is 10.2 Å². The number of benzene rings is 4. The molecule has 6 aromatic rings. The van der Waals surface area contributed by atoms with Gasteiger partial charge in [0.05, 0.1) is 11.4 Å². The predicted octanol–water partition coefficient (Wildman–Crippen LogP) is 9.01. The van der Waals surface area contributed by atoms with Crippen LogP contribution in [0.4, 0.5) is 11.4 Å². The van der Waals surface area contributed by atoms with E-state index in [4.69, 9.17) is 0 Å². The number of nitrogens with zero attached hydrogens (tertiary/aromatic N) is 4. The molecule has 0 atom stereocenters. The first-order valence-corrected chi connectivity index (χ1v) is 16.1. The van der Waals surface area contributed by atoms with Crippen LogP contribution in [0.3, 0.4) is 0 Å². The van der Waals surface area contributed by atoms with E-state index in [1.807, 2.05) is 132 Å². The maximum Gasteiger partial charge on any atom is 0.227 e. The summed E-state index contributed by atoms with van der Waals surface area (Å²) in [5.74, 6) is 0.165. The average molecular weight is 631 g/mol. The van der Waals surface area contributed by atoms with Crippen LogP contribution in [-0.4, -0.2) is 11.6 Å². The largest absolute Gasteiger partial charge is 0.287 e. The van der Waals surface area contributed by atoms with E-state index in [9.17, 15) is 9.59 Å². The van der Waals surface area contributed by atoms with Crippen LogP contribution in [0.1, 0.15) is 43.2 Å². The van der Waals surface area contributed by atoms with Gasteiger partial charge in [-0.1, -0.05) is 84.9 Å². The Bertz CT molecular complexity index is 2000. The topological polar surface area (TPSA) is 66.6 Å². The maximum absolute atomic E-state index is 12.8. The molecule has 0 aliphatic carbocycles. The maximum atomic E-state index is 12.8. The van der Waals surface area contributed by atoms with E-state index < -0.39 is 0 Å². The molecular formula is C42H38N4O2+2. The van der Waals surface area contributed by atoms with E-state index in [0.717, 1.165) is 56.1 Å². The van der Waals surface area contributed by atoms with Gasteiger partial charge in [0.1, 0.15) is 0 Å². The molecule has 2 aromatic heterocycles. The van der Waals surface area contributed by atoms with Gasteiger partial charge in [-0.3, -0.25) is 9.59 Å². The van der Waals surface area contributed by atoms with Crippen molar-refractivity contribution in [3.63, 3.8) is 0 Å². The molecule has 6 rings (SSSR count). The third-order valence-electron chi connectivity index (χ3n) is 8.58. The zero-order valence-electron chi connectivity index (χ0n) is 27.7. The van der Waals surface area contributed by atoms with Crippen LogP contribution in [0, 0.1) is 27.7 Å². The van der Waals surface area contributed by atoms with E-state index in [2.05, 4.69) is 48.3 Å². The molecule has 0 saturated carbocycles. The molecule has 0 unspecified atom stereocenters. The van der Waals surface area contributed by atoms with E-state index in [1.165, 1.54) is 0 Å². The van der Waals surface area contributed by atoms with Gasteiger partial charge in [0, 0.05) is 48.2 Å². The van der Waals surface area contributed by atoms with Crippen molar-refractivity contribution >= 4 is 22.9 Å². The first-order chi connectivity index (χ1) is 23.2. The van der Waals surface area contributed by atoms with Gasteiger partial charge in [-0.25, -0.2) is 0 Å². The van der Waals surface area contributed by atoms with Gasteiger partial charge in [-0.15, -0.1) is 0 Å². The summed E-state index contributed by atoms with van der Waals surface area (Å²) in [7, 11) is 0. The van der Waals surface area contributed by atoms with Gasteiger partial charge in [0.15, 0.2) is 23.8 Å². The number of aromatic nitrogens is 2. The predicted molar refractivity (Wildman–Crippen MR) is 189 cm³/mol. The van der Waals surface area contributed by atoms with Gasteiger partial charge in [-0.05, 0) is 60.4 Å². The highest BCUT2D eigenvalue weighted by Crippen LogP contribution is 2.30. The lowest BCUT2D eigenvalue weighted by Gasteiger charge is -2.09. The number of ketones is 2. The molecule has 0 radical (unpaired) electrons. The number of carbonyl (C=O) groups excluding carboxylic acids is 2. The van der Waals surface area contributed by atoms with E-state index in [-0.39, 0.29) is 11.6 Å². The normalized spacial score (nSPS) is 11.2. The fourth-order valence-electron chi connectivity index (χ4n) is 5.91. The molecule has 0 fully saturated rings. The summed E-state index contributed by atoms with van der Waals surface area (Å²) in [6.45, 7) is 8.76. The summed E-state index contributed by atoms with van der Waals surface area (Å²) in [5, 5.41) is 9.18. The number of hydrogen-bond donors (Lipinski definition) is 0. The monoisotopic (exact) mass is 630 g/mol. The lowest BCUT2D eigenvalue weighted by atomic mass is 10.0. The van der Waals surface area contributed by atoms with Crippen molar-refractivity contribution in [3.8, 4) is 22.3 Å². The molecule has 0 saturated heterocycles. The van der Waals surface area contributed by atoms with Crippen molar-refractivity contribution in [2.45, 2.75) is 40.8 Å². The Labute approximate surface area is 281 Å². The minimum atomic E-state index is 0.0823. The van der Waals surface area contributed by atoms with Crippen LogP contribution < -0.4 is 9.13 Å². The van der Waals surface area contributed by atoms with Gasteiger partial charge >= 0.3 is 0 Å². The second-order valence-corrected chi connectivity index (χ2v) is 12.2. The van der Waals surface area contributed by atoms with Crippen molar-refractivity contribution in [1.82, 2.24) is 0 Å². The Balaban J connectivity index is 1.19. The first-order valence-electron chi connectivity index (χ1n) is 16.1. The minimum absolute atomic E-state index is 0.0823. The number of azo groups is 1. The van der Waals surface area contributed by atoms with E-state index in [1.54, 1.807) is 0 Å². The van der Waals surface area contributed by atoms with Crippen LogP contribution in [0.25, 0.3) is 22.3 Å². The summed E-state index contributed by atoms with van der Waals surface area (Å²) in [4.78, 5) is 25.7. The molecule has 6 heteroatoms. The van der Waals surface area contributed by atoms with Gasteiger partial charge < -0.3 is 0 Å². The Hall–Kier alpha value is -5.88. The molecule has 0 aliphatic heterocycles. The van der Waals surface area contributed by atoms with Crippen LogP contribution in [0.15, 0.2) is 144 Å². The Morgan fingerprint density at radius 1 is 0.500 bits per heavy atom. The smallest absolute Gasteiger partial charge is 0.227 e. The summed E-state index contributed by atoms with van der Waals surface area (Å²) in [6.07, 6.45) is 4.09. The van der Waals surface area contributed by atoms with Gasteiger partial charge in [0.2, 0.25) is 24.7 Å². The highest BCUT2D eigenvalue weighted by molar-refractivity contribution is 5.95. The third kappa shape index (κ3) is 7.39. The Morgan fingerprint density at radius 2 is 0.896 bits per heavy atom. The average Bonchev–Trinajstić information content (AvgIpc) is 3.11. The van der Waals surface area contributed by atoms with Crippen molar-refractivity contribution in [1.29, 1.82) is 0 Å². The summed E-state index contributed by atoms with van der Waals surface area (Å²) < 4.78 is 4.01. The molecule has 48 heavy (non-hydrogen) atoms. The molecule has 0 spiro atoms. The zero-order valence-corrected chi connectivity index (χ0v) is 27.7. The van der Waals surface area contributed by atoms with Crippen LogP contribution in [0.5, 0.6) is 0 Å².